The van der Waals surface area contributed by atoms with E-state index in [4.69, 9.17) is 15.2 Å². The highest BCUT2D eigenvalue weighted by Crippen LogP contribution is 2.28. The number of hydrogen-bond acceptors (Lipinski definition) is 8. The van der Waals surface area contributed by atoms with E-state index < -0.39 is 29.7 Å². The van der Waals surface area contributed by atoms with Gasteiger partial charge in [-0.2, -0.15) is 0 Å². The molecule has 0 unspecified atom stereocenters. The highest BCUT2D eigenvalue weighted by Gasteiger charge is 2.42. The molecule has 41 heavy (non-hydrogen) atoms. The zero-order valence-electron chi connectivity index (χ0n) is 24.2. The van der Waals surface area contributed by atoms with Crippen LogP contribution < -0.4 is 21.1 Å². The Morgan fingerprint density at radius 2 is 1.83 bits per heavy atom. The van der Waals surface area contributed by atoms with Crippen LogP contribution in [0.25, 0.3) is 11.0 Å². The molecule has 0 aliphatic carbocycles. The van der Waals surface area contributed by atoms with Crippen LogP contribution in [0.5, 0.6) is 5.75 Å². The topological polar surface area (TPSA) is 154 Å². The van der Waals surface area contributed by atoms with E-state index >= 15 is 0 Å². The molecule has 220 valence electrons. The van der Waals surface area contributed by atoms with E-state index in [1.54, 1.807) is 32.6 Å². The predicted octanol–water partition coefficient (Wildman–Crippen LogP) is 1.90. The molecule has 12 heteroatoms. The molecule has 1 fully saturated rings. The van der Waals surface area contributed by atoms with E-state index in [0.29, 0.717) is 19.4 Å². The second kappa shape index (κ2) is 12.5. The molecular formula is C29H39N7O5. The van der Waals surface area contributed by atoms with Gasteiger partial charge in [-0.1, -0.05) is 23.4 Å². The summed E-state index contributed by atoms with van der Waals surface area (Å²) in [6.07, 6.45) is 0.403. The predicted molar refractivity (Wildman–Crippen MR) is 153 cm³/mol. The van der Waals surface area contributed by atoms with Gasteiger partial charge in [-0.3, -0.25) is 9.59 Å². The summed E-state index contributed by atoms with van der Waals surface area (Å²) < 4.78 is 12.3. The number of aromatic nitrogens is 3. The summed E-state index contributed by atoms with van der Waals surface area (Å²) in [7, 11) is 3.43. The Balaban J connectivity index is 1.49. The van der Waals surface area contributed by atoms with Crippen LogP contribution in [0.2, 0.25) is 0 Å². The summed E-state index contributed by atoms with van der Waals surface area (Å²) in [5.41, 5.74) is 8.72. The third-order valence-corrected chi connectivity index (χ3v) is 7.02. The number of nitrogens with one attached hydrogen (secondary N) is 2. The number of alkyl carbamates (subject to hydrolysis) is 1. The largest absolute Gasteiger partial charge is 0.497 e. The summed E-state index contributed by atoms with van der Waals surface area (Å²) in [5.74, 6) is 0.0893. The van der Waals surface area contributed by atoms with Crippen molar-refractivity contribution in [1.82, 2.24) is 30.5 Å². The Kier molecular flexibility index (Phi) is 9.11. The molecule has 0 saturated carbocycles. The van der Waals surface area contributed by atoms with Gasteiger partial charge in [0.25, 0.3) is 0 Å². The second-order valence-corrected chi connectivity index (χ2v) is 11.3. The van der Waals surface area contributed by atoms with Crippen molar-refractivity contribution >= 4 is 28.9 Å². The molecule has 1 aliphatic rings. The van der Waals surface area contributed by atoms with Crippen molar-refractivity contribution in [3.05, 3.63) is 53.6 Å². The van der Waals surface area contributed by atoms with Gasteiger partial charge >= 0.3 is 6.09 Å². The van der Waals surface area contributed by atoms with Crippen molar-refractivity contribution in [1.29, 1.82) is 0 Å². The minimum Gasteiger partial charge on any atom is -0.497 e. The Morgan fingerprint density at radius 1 is 1.12 bits per heavy atom. The first kappa shape index (κ1) is 29.8. The van der Waals surface area contributed by atoms with Crippen molar-refractivity contribution < 1.29 is 23.9 Å². The van der Waals surface area contributed by atoms with E-state index in [-0.39, 0.29) is 24.9 Å². The van der Waals surface area contributed by atoms with Gasteiger partial charge in [0.15, 0.2) is 0 Å². The summed E-state index contributed by atoms with van der Waals surface area (Å²) in [6, 6.07) is 11.7. The Bertz CT molecular complexity index is 1380. The molecule has 3 amide bonds. The number of carbonyl (C=O) groups is 3. The quantitative estimate of drug-likeness (QED) is 0.356. The fourth-order valence-corrected chi connectivity index (χ4v) is 5.03. The monoisotopic (exact) mass is 565 g/mol. The number of carbonyl (C=O) groups excluding carboxylic acids is 3. The van der Waals surface area contributed by atoms with Crippen LogP contribution in [0, 0.1) is 5.92 Å². The fraction of sp³-hybridized carbons (Fsp3) is 0.483. The highest BCUT2D eigenvalue weighted by molar-refractivity contribution is 5.92. The first-order valence-corrected chi connectivity index (χ1v) is 13.7. The second-order valence-electron chi connectivity index (χ2n) is 11.3. The number of benzene rings is 2. The zero-order chi connectivity index (χ0) is 29.7. The molecule has 0 spiro atoms. The number of nitrogens with two attached hydrogens (primary N) is 1. The molecule has 2 heterocycles. The lowest BCUT2D eigenvalue weighted by atomic mass is 9.96. The molecule has 1 aliphatic heterocycles. The van der Waals surface area contributed by atoms with Crippen LogP contribution in [0.3, 0.4) is 0 Å². The van der Waals surface area contributed by atoms with E-state index in [2.05, 4.69) is 20.9 Å². The van der Waals surface area contributed by atoms with Gasteiger partial charge in [-0.25, -0.2) is 9.48 Å². The maximum atomic E-state index is 13.7. The molecule has 2 aromatic carbocycles. The lowest BCUT2D eigenvalue weighted by Gasteiger charge is -2.29. The van der Waals surface area contributed by atoms with E-state index in [1.807, 2.05) is 49.5 Å². The van der Waals surface area contributed by atoms with Crippen molar-refractivity contribution in [2.45, 2.75) is 57.8 Å². The molecule has 3 aromatic rings. The number of rotatable bonds is 9. The maximum absolute atomic E-state index is 13.7. The normalized spacial score (nSPS) is 17.8. The number of fused-ring (bicyclic) bond motifs is 1. The summed E-state index contributed by atoms with van der Waals surface area (Å²) in [5, 5.41) is 13.7. The van der Waals surface area contributed by atoms with Crippen LogP contribution in [-0.2, 0) is 34.3 Å². The van der Waals surface area contributed by atoms with Crippen molar-refractivity contribution in [3.8, 4) is 5.75 Å². The van der Waals surface area contributed by atoms with Gasteiger partial charge in [-0.05, 0) is 74.9 Å². The van der Waals surface area contributed by atoms with Crippen LogP contribution in [0.1, 0.15) is 38.3 Å². The standard InChI is InChI=1S/C29H39N7O5/c1-29(2,3)41-28(39)32-23(15-30)27(38)36-17-20(12-18-6-9-21(40-5)10-7-18)14-25(36)26(37)31-16-19-8-11-24-22(13-19)33-34-35(24)4/h6-11,13,20,23,25H,12,14-17,30H2,1-5H3,(H,31,37)(H,32,39)/t20-,23-,25+/m1/s1. The fourth-order valence-electron chi connectivity index (χ4n) is 5.03. The molecule has 1 saturated heterocycles. The van der Waals surface area contributed by atoms with Gasteiger partial charge < -0.3 is 30.7 Å². The minimum absolute atomic E-state index is 0.0268. The van der Waals surface area contributed by atoms with Gasteiger partial charge in [0.05, 0.1) is 12.6 Å². The SMILES string of the molecule is COc1ccc(C[C@@H]2C[C@@H](C(=O)NCc3ccc4c(c3)nnn4C)N(C(=O)[C@@H](CN)NC(=O)OC(C)(C)C)C2)cc1. The van der Waals surface area contributed by atoms with Crippen molar-refractivity contribution in [2.24, 2.45) is 18.7 Å². The Hall–Kier alpha value is -4.19. The molecule has 4 N–H and O–H groups in total. The minimum atomic E-state index is -1.03. The maximum Gasteiger partial charge on any atom is 0.408 e. The van der Waals surface area contributed by atoms with E-state index in [9.17, 15) is 14.4 Å². The lowest BCUT2D eigenvalue weighted by Crippen LogP contribution is -2.56. The smallest absolute Gasteiger partial charge is 0.408 e. The number of nitrogens with zero attached hydrogens (tertiary/aromatic N) is 4. The zero-order valence-corrected chi connectivity index (χ0v) is 24.2. The van der Waals surface area contributed by atoms with Gasteiger partial charge in [0.2, 0.25) is 11.8 Å². The van der Waals surface area contributed by atoms with Crippen molar-refractivity contribution in [3.63, 3.8) is 0 Å². The van der Waals surface area contributed by atoms with Crippen LogP contribution in [0.4, 0.5) is 4.79 Å². The first-order valence-electron chi connectivity index (χ1n) is 13.7. The summed E-state index contributed by atoms with van der Waals surface area (Å²) in [6.45, 7) is 5.68. The molecule has 3 atom stereocenters. The average molecular weight is 566 g/mol. The lowest BCUT2D eigenvalue weighted by molar-refractivity contribution is -0.139. The third-order valence-electron chi connectivity index (χ3n) is 7.02. The molecule has 1 aromatic heterocycles. The Labute approximate surface area is 239 Å². The van der Waals surface area contributed by atoms with Gasteiger partial charge in [0, 0.05) is 26.7 Å². The molecule has 0 radical (unpaired) electrons. The van der Waals surface area contributed by atoms with Gasteiger partial charge in [-0.15, -0.1) is 5.10 Å². The number of hydrogen-bond donors (Lipinski definition) is 3. The number of amides is 3. The van der Waals surface area contributed by atoms with Gasteiger partial charge in [0.1, 0.15) is 29.0 Å². The van der Waals surface area contributed by atoms with E-state index in [0.717, 1.165) is 27.9 Å². The third kappa shape index (κ3) is 7.51. The Morgan fingerprint density at radius 3 is 2.49 bits per heavy atom. The number of likely N-dealkylation sites (tertiary alicyclic amines) is 1. The van der Waals surface area contributed by atoms with E-state index in [1.165, 1.54) is 4.90 Å². The molecule has 12 nitrogen and oxygen atoms in total. The first-order chi connectivity index (χ1) is 19.5. The van der Waals surface area contributed by atoms with Crippen LogP contribution in [-0.4, -0.2) is 75.7 Å². The van der Waals surface area contributed by atoms with Crippen molar-refractivity contribution in [2.75, 3.05) is 20.2 Å². The summed E-state index contributed by atoms with van der Waals surface area (Å²) in [4.78, 5) is 41.1. The number of aryl methyl sites for hydroxylation is 1. The molecule has 4 rings (SSSR count). The van der Waals surface area contributed by atoms with Crippen LogP contribution in [0.15, 0.2) is 42.5 Å². The molecule has 0 bridgehead atoms. The highest BCUT2D eigenvalue weighted by atomic mass is 16.6. The number of methoxy groups -OCH3 is 1. The number of ether oxygens (including phenoxy) is 2. The molecular weight excluding hydrogens is 526 g/mol. The van der Waals surface area contributed by atoms with Crippen LogP contribution >= 0.6 is 0 Å². The average Bonchev–Trinajstić information content (AvgIpc) is 3.52. The summed E-state index contributed by atoms with van der Waals surface area (Å²) >= 11 is 0.